The molecule has 1 aliphatic heterocycles. The minimum Gasteiger partial charge on any atom is -0.386 e. The summed E-state index contributed by atoms with van der Waals surface area (Å²) in [4.78, 5) is 34.8. The number of carbonyl (C=O) groups excluding carboxylic acids is 3. The molecule has 23 heavy (non-hydrogen) atoms. The number of sulfonamides is 1. The zero-order valence-electron chi connectivity index (χ0n) is 11.5. The van der Waals surface area contributed by atoms with Gasteiger partial charge in [0.15, 0.2) is 0 Å². The molecule has 0 aromatic heterocycles. The third-order valence-electron chi connectivity index (χ3n) is 3.19. The van der Waals surface area contributed by atoms with Crippen LogP contribution in [0.2, 0.25) is 0 Å². The molecule has 1 N–H and O–H groups in total. The largest absolute Gasteiger partial charge is 0.386 e. The molecule has 7 nitrogen and oxygen atoms in total. The van der Waals surface area contributed by atoms with Gasteiger partial charge in [-0.05, 0) is 30.3 Å². The molecule has 1 heterocycles. The van der Waals surface area contributed by atoms with Crippen LogP contribution in [0.3, 0.4) is 0 Å². The van der Waals surface area contributed by atoms with Crippen LogP contribution >= 0.6 is 0 Å². The maximum atomic E-state index is 12.1. The van der Waals surface area contributed by atoms with Gasteiger partial charge in [-0.1, -0.05) is 18.2 Å². The van der Waals surface area contributed by atoms with Gasteiger partial charge in [0.2, 0.25) is 0 Å². The normalized spacial score (nSPS) is 13.4. The third-order valence-corrected chi connectivity index (χ3v) is 4.53. The van der Waals surface area contributed by atoms with E-state index in [-0.39, 0.29) is 21.6 Å². The van der Waals surface area contributed by atoms with Crippen LogP contribution in [0.5, 0.6) is 0 Å². The van der Waals surface area contributed by atoms with Crippen LogP contribution in [-0.2, 0) is 14.8 Å². The topological polar surface area (TPSA) is 107 Å². The molecule has 0 saturated carbocycles. The maximum absolute atomic E-state index is 12.1. The number of fused-ring (bicyclic) bond motifs is 1. The molecule has 8 heteroatoms. The van der Waals surface area contributed by atoms with Gasteiger partial charge in [0.05, 0.1) is 16.0 Å². The van der Waals surface area contributed by atoms with Gasteiger partial charge in [0, 0.05) is 5.56 Å². The molecule has 2 aromatic rings. The monoisotopic (exact) mass is 331 g/mol. The highest BCUT2D eigenvalue weighted by molar-refractivity contribution is 7.90. The van der Waals surface area contributed by atoms with E-state index in [0.29, 0.717) is 0 Å². The van der Waals surface area contributed by atoms with Gasteiger partial charge < -0.3 is 4.74 Å². The van der Waals surface area contributed by atoms with E-state index in [2.05, 4.69) is 4.74 Å². The van der Waals surface area contributed by atoms with Gasteiger partial charge >= 0.3 is 11.9 Å². The number of carbonyl (C=O) groups is 3. The molecule has 0 fully saturated rings. The summed E-state index contributed by atoms with van der Waals surface area (Å²) in [6, 6.07) is 11.0. The summed E-state index contributed by atoms with van der Waals surface area (Å²) < 4.78 is 30.5. The van der Waals surface area contributed by atoms with Crippen LogP contribution < -0.4 is 4.72 Å². The Morgan fingerprint density at radius 1 is 0.913 bits per heavy atom. The molecule has 0 saturated heterocycles. The van der Waals surface area contributed by atoms with Crippen molar-refractivity contribution in [3.05, 3.63) is 65.2 Å². The van der Waals surface area contributed by atoms with Crippen molar-refractivity contribution < 1.29 is 27.5 Å². The zero-order valence-corrected chi connectivity index (χ0v) is 12.3. The standard InChI is InChI=1S/C15H9NO6S/c17-13(16-23(20,21)10-4-2-1-3-5-10)9-6-7-11-12(8-9)15(19)22-14(11)18/h1-8H,(H,16,17). The number of amides is 1. The first-order chi connectivity index (χ1) is 10.9. The molecule has 3 rings (SSSR count). The summed E-state index contributed by atoms with van der Waals surface area (Å²) in [7, 11) is -4.03. The Balaban J connectivity index is 1.89. The average Bonchev–Trinajstić information content (AvgIpc) is 2.82. The Bertz CT molecular complexity index is 934. The van der Waals surface area contributed by atoms with Crippen LogP contribution in [0.25, 0.3) is 0 Å². The fourth-order valence-electron chi connectivity index (χ4n) is 2.07. The van der Waals surface area contributed by atoms with Crippen LogP contribution in [0.15, 0.2) is 53.4 Å². The Kier molecular flexibility index (Phi) is 3.45. The second kappa shape index (κ2) is 5.33. The van der Waals surface area contributed by atoms with E-state index >= 15 is 0 Å². The fraction of sp³-hybridized carbons (Fsp3) is 0. The minimum atomic E-state index is -4.03. The number of esters is 2. The molecular formula is C15H9NO6S. The van der Waals surface area contributed by atoms with E-state index in [1.807, 2.05) is 4.72 Å². The second-order valence-electron chi connectivity index (χ2n) is 4.69. The summed E-state index contributed by atoms with van der Waals surface area (Å²) in [6.07, 6.45) is 0. The van der Waals surface area contributed by atoms with Crippen LogP contribution in [0.4, 0.5) is 0 Å². The lowest BCUT2D eigenvalue weighted by atomic mass is 10.1. The van der Waals surface area contributed by atoms with Gasteiger partial charge in [-0.25, -0.2) is 22.7 Å². The summed E-state index contributed by atoms with van der Waals surface area (Å²) in [6.45, 7) is 0. The Labute approximate surface area is 130 Å². The second-order valence-corrected chi connectivity index (χ2v) is 6.37. The summed E-state index contributed by atoms with van der Waals surface area (Å²) in [5.41, 5.74) is -0.105. The molecule has 0 atom stereocenters. The summed E-state index contributed by atoms with van der Waals surface area (Å²) >= 11 is 0. The predicted octanol–water partition coefficient (Wildman–Crippen LogP) is 1.12. The van der Waals surface area contributed by atoms with Gasteiger partial charge in [0.1, 0.15) is 0 Å². The van der Waals surface area contributed by atoms with Gasteiger partial charge in [-0.15, -0.1) is 0 Å². The maximum Gasteiger partial charge on any atom is 0.346 e. The molecule has 0 unspecified atom stereocenters. The predicted molar refractivity (Wildman–Crippen MR) is 77.3 cm³/mol. The third kappa shape index (κ3) is 2.71. The van der Waals surface area contributed by atoms with Crippen molar-refractivity contribution in [2.45, 2.75) is 4.90 Å². The first kappa shape index (κ1) is 14.9. The van der Waals surface area contributed by atoms with Crippen molar-refractivity contribution in [3.8, 4) is 0 Å². The van der Waals surface area contributed by atoms with Gasteiger partial charge in [0.25, 0.3) is 15.9 Å². The Hall–Kier alpha value is -3.00. The molecular weight excluding hydrogens is 322 g/mol. The molecule has 1 amide bonds. The number of ether oxygens (including phenoxy) is 1. The lowest BCUT2D eigenvalue weighted by Gasteiger charge is -2.07. The molecule has 0 spiro atoms. The number of hydrogen-bond acceptors (Lipinski definition) is 6. The fourth-order valence-corrected chi connectivity index (χ4v) is 3.06. The van der Waals surface area contributed by atoms with E-state index in [4.69, 9.17) is 0 Å². The molecule has 1 aliphatic rings. The summed E-state index contributed by atoms with van der Waals surface area (Å²) in [5.74, 6) is -2.58. The van der Waals surface area contributed by atoms with Crippen LogP contribution in [0.1, 0.15) is 31.1 Å². The molecule has 0 radical (unpaired) electrons. The van der Waals surface area contributed by atoms with Crippen molar-refractivity contribution in [1.29, 1.82) is 0 Å². The van der Waals surface area contributed by atoms with Crippen molar-refractivity contribution in [3.63, 3.8) is 0 Å². The number of benzene rings is 2. The number of cyclic esters (lactones) is 2. The quantitative estimate of drug-likeness (QED) is 0.667. The number of nitrogens with one attached hydrogen (secondary N) is 1. The van der Waals surface area contributed by atoms with Crippen molar-refractivity contribution in [2.24, 2.45) is 0 Å². The first-order valence-corrected chi connectivity index (χ1v) is 7.89. The van der Waals surface area contributed by atoms with Gasteiger partial charge in [-0.3, -0.25) is 4.79 Å². The number of hydrogen-bond donors (Lipinski definition) is 1. The Morgan fingerprint density at radius 2 is 1.57 bits per heavy atom. The SMILES string of the molecule is O=C(NS(=O)(=O)c1ccccc1)c1ccc2c(c1)C(=O)OC2=O. The first-order valence-electron chi connectivity index (χ1n) is 6.41. The highest BCUT2D eigenvalue weighted by Crippen LogP contribution is 2.21. The van der Waals surface area contributed by atoms with Crippen molar-refractivity contribution in [1.82, 2.24) is 4.72 Å². The smallest absolute Gasteiger partial charge is 0.346 e. The minimum absolute atomic E-state index is 0.0393. The highest BCUT2D eigenvalue weighted by atomic mass is 32.2. The zero-order chi connectivity index (χ0) is 16.6. The van der Waals surface area contributed by atoms with E-state index in [0.717, 1.165) is 6.07 Å². The van der Waals surface area contributed by atoms with E-state index < -0.39 is 27.9 Å². The number of rotatable bonds is 3. The summed E-state index contributed by atoms with van der Waals surface area (Å²) in [5, 5.41) is 0. The molecule has 0 bridgehead atoms. The van der Waals surface area contributed by atoms with Crippen molar-refractivity contribution in [2.75, 3.05) is 0 Å². The average molecular weight is 331 g/mol. The highest BCUT2D eigenvalue weighted by Gasteiger charge is 2.30. The Morgan fingerprint density at radius 3 is 2.26 bits per heavy atom. The lowest BCUT2D eigenvalue weighted by Crippen LogP contribution is -2.30. The van der Waals surface area contributed by atoms with E-state index in [9.17, 15) is 22.8 Å². The van der Waals surface area contributed by atoms with Crippen LogP contribution in [-0.4, -0.2) is 26.3 Å². The lowest BCUT2D eigenvalue weighted by molar-refractivity contribution is 0.0443. The molecule has 116 valence electrons. The van der Waals surface area contributed by atoms with Gasteiger partial charge in [-0.2, -0.15) is 0 Å². The van der Waals surface area contributed by atoms with Crippen LogP contribution in [0, 0.1) is 0 Å². The molecule has 2 aromatic carbocycles. The van der Waals surface area contributed by atoms with E-state index in [1.54, 1.807) is 6.07 Å². The van der Waals surface area contributed by atoms with Crippen molar-refractivity contribution >= 4 is 27.9 Å². The van der Waals surface area contributed by atoms with E-state index in [1.165, 1.54) is 36.4 Å². The molecule has 0 aliphatic carbocycles.